The average Bonchev–Trinajstić information content (AvgIpc) is 2.46. The van der Waals surface area contributed by atoms with E-state index in [1.54, 1.807) is 0 Å². The van der Waals surface area contributed by atoms with Crippen LogP contribution in [0.1, 0.15) is 26.6 Å². The van der Waals surface area contributed by atoms with Crippen molar-refractivity contribution in [3.05, 3.63) is 26.7 Å². The Kier molecular flexibility index (Phi) is 4.61. The second-order valence-electron chi connectivity index (χ2n) is 6.21. The largest absolute Gasteiger partial charge is 0.332 e. The van der Waals surface area contributed by atoms with Gasteiger partial charge in [-0.15, -0.1) is 0 Å². The number of alkyl halides is 2. The van der Waals surface area contributed by atoms with Crippen LogP contribution in [0.15, 0.2) is 14.6 Å². The van der Waals surface area contributed by atoms with E-state index in [-0.39, 0.29) is 16.1 Å². The van der Waals surface area contributed by atoms with Gasteiger partial charge in [-0.05, 0) is 0 Å². The number of thioether (sulfide) groups is 1. The Morgan fingerprint density at radius 2 is 1.74 bits per heavy atom. The van der Waals surface area contributed by atoms with E-state index in [1.165, 1.54) is 18.7 Å². The van der Waals surface area contributed by atoms with Crippen LogP contribution in [0.3, 0.4) is 0 Å². The van der Waals surface area contributed by atoms with Crippen molar-refractivity contribution in [3.63, 3.8) is 0 Å². The molecule has 126 valence electrons. The third-order valence-electron chi connectivity index (χ3n) is 3.28. The van der Waals surface area contributed by atoms with Gasteiger partial charge in [0.15, 0.2) is 5.65 Å². The molecule has 0 bridgehead atoms. The van der Waals surface area contributed by atoms with Gasteiger partial charge in [0.1, 0.15) is 16.2 Å². The van der Waals surface area contributed by atoms with Crippen LogP contribution in [0.2, 0.25) is 0 Å². The molecule has 0 radical (unpaired) electrons. The maximum Gasteiger partial charge on any atom is 0.332 e. The summed E-state index contributed by atoms with van der Waals surface area (Å²) in [6.45, 7) is 5.61. The van der Waals surface area contributed by atoms with E-state index in [0.717, 1.165) is 16.3 Å². The highest BCUT2D eigenvalue weighted by atomic mass is 32.2. The minimum absolute atomic E-state index is 0.0910. The summed E-state index contributed by atoms with van der Waals surface area (Å²) in [5.41, 5.74) is -1.40. The van der Waals surface area contributed by atoms with E-state index in [2.05, 4.69) is 9.97 Å². The molecule has 0 saturated carbocycles. The van der Waals surface area contributed by atoms with Crippen molar-refractivity contribution in [1.82, 2.24) is 19.1 Å². The number of rotatable bonds is 3. The van der Waals surface area contributed by atoms with E-state index in [1.807, 2.05) is 20.8 Å². The van der Waals surface area contributed by atoms with Crippen LogP contribution in [0, 0.1) is 0 Å². The van der Waals surface area contributed by atoms with Gasteiger partial charge in [0.05, 0.1) is 5.75 Å². The summed E-state index contributed by atoms with van der Waals surface area (Å²) in [4.78, 5) is 33.1. The van der Waals surface area contributed by atoms with Gasteiger partial charge < -0.3 is 0 Å². The quantitative estimate of drug-likeness (QED) is 0.626. The Labute approximate surface area is 135 Å². The Hall–Kier alpha value is -1.77. The van der Waals surface area contributed by atoms with Crippen LogP contribution in [0.5, 0.6) is 0 Å². The minimum atomic E-state index is -2.53. The first-order valence-electron chi connectivity index (χ1n) is 6.93. The fraction of sp³-hybridized carbons (Fsp3) is 0.571. The first-order chi connectivity index (χ1) is 10.5. The lowest BCUT2D eigenvalue weighted by molar-refractivity contribution is 0.177. The summed E-state index contributed by atoms with van der Waals surface area (Å²) in [6.07, 6.45) is -2.53. The molecule has 2 heterocycles. The molecule has 0 aliphatic carbocycles. The molecule has 0 spiro atoms. The van der Waals surface area contributed by atoms with Crippen molar-refractivity contribution in [2.24, 2.45) is 14.1 Å². The first-order valence-corrected chi connectivity index (χ1v) is 7.91. The molecule has 0 saturated heterocycles. The predicted octanol–water partition coefficient (Wildman–Crippen LogP) is 1.68. The molecule has 0 amide bonds. The van der Waals surface area contributed by atoms with E-state index in [0.29, 0.717) is 5.82 Å². The fourth-order valence-electron chi connectivity index (χ4n) is 2.01. The maximum absolute atomic E-state index is 12.6. The van der Waals surface area contributed by atoms with Crippen LogP contribution in [0.4, 0.5) is 8.78 Å². The third kappa shape index (κ3) is 3.29. The van der Waals surface area contributed by atoms with Crippen LogP contribution < -0.4 is 11.2 Å². The van der Waals surface area contributed by atoms with Crippen molar-refractivity contribution in [2.75, 3.05) is 5.75 Å². The van der Waals surface area contributed by atoms with Crippen LogP contribution >= 0.6 is 11.8 Å². The standard InChI is InChI=1S/C14H18F2N4O2S/c1-14(2,3)12-17-9-8(10(18-12)23-6-7(15)16)11(21)20(5)13(22)19(9)4/h7H,6H2,1-5H3. The van der Waals surface area contributed by atoms with E-state index < -0.39 is 28.8 Å². The van der Waals surface area contributed by atoms with Gasteiger partial charge in [0.25, 0.3) is 5.56 Å². The normalized spacial score (nSPS) is 12.3. The van der Waals surface area contributed by atoms with Gasteiger partial charge in [0.2, 0.25) is 6.43 Å². The Bertz CT molecular complexity index is 868. The number of fused-ring (bicyclic) bond motifs is 1. The first kappa shape index (κ1) is 17.6. The van der Waals surface area contributed by atoms with Crippen molar-refractivity contribution in [1.29, 1.82) is 0 Å². The molecular formula is C14H18F2N4O2S. The lowest BCUT2D eigenvalue weighted by Gasteiger charge is -2.19. The summed E-state index contributed by atoms with van der Waals surface area (Å²) >= 11 is 0.796. The van der Waals surface area contributed by atoms with E-state index in [9.17, 15) is 18.4 Å². The van der Waals surface area contributed by atoms with Gasteiger partial charge in [-0.25, -0.2) is 23.5 Å². The highest BCUT2D eigenvalue weighted by Gasteiger charge is 2.24. The molecule has 0 aromatic carbocycles. The SMILES string of the molecule is Cn1c(=O)c2c(SCC(F)F)nc(C(C)(C)C)nc2n(C)c1=O. The van der Waals surface area contributed by atoms with Crippen LogP contribution in [-0.2, 0) is 19.5 Å². The van der Waals surface area contributed by atoms with Gasteiger partial charge in [-0.1, -0.05) is 32.5 Å². The second kappa shape index (κ2) is 6.03. The molecule has 2 aromatic heterocycles. The Morgan fingerprint density at radius 1 is 1.13 bits per heavy atom. The molecule has 0 unspecified atom stereocenters. The predicted molar refractivity (Wildman–Crippen MR) is 85.4 cm³/mol. The maximum atomic E-state index is 12.6. The number of aromatic nitrogens is 4. The zero-order valence-corrected chi connectivity index (χ0v) is 14.4. The number of halogens is 2. The summed E-state index contributed by atoms with van der Waals surface area (Å²) < 4.78 is 27.3. The van der Waals surface area contributed by atoms with E-state index >= 15 is 0 Å². The summed E-state index contributed by atoms with van der Waals surface area (Å²) in [5.74, 6) is -0.0909. The molecule has 0 N–H and O–H groups in total. The minimum Gasteiger partial charge on any atom is -0.280 e. The van der Waals surface area contributed by atoms with Gasteiger partial charge in [-0.2, -0.15) is 0 Å². The van der Waals surface area contributed by atoms with Gasteiger partial charge >= 0.3 is 5.69 Å². The topological polar surface area (TPSA) is 69.8 Å². The summed E-state index contributed by atoms with van der Waals surface area (Å²) in [5, 5.41) is 0.268. The van der Waals surface area contributed by atoms with Gasteiger partial charge in [-0.3, -0.25) is 13.9 Å². The lowest BCUT2D eigenvalue weighted by Crippen LogP contribution is -2.38. The fourth-order valence-corrected chi connectivity index (χ4v) is 2.77. The smallest absolute Gasteiger partial charge is 0.280 e. The van der Waals surface area contributed by atoms with Gasteiger partial charge in [0, 0.05) is 19.5 Å². The molecule has 9 heteroatoms. The Balaban J connectivity index is 2.89. The Morgan fingerprint density at radius 3 is 2.26 bits per heavy atom. The van der Waals surface area contributed by atoms with Crippen LogP contribution in [0.25, 0.3) is 11.0 Å². The highest BCUT2D eigenvalue weighted by molar-refractivity contribution is 7.99. The highest BCUT2D eigenvalue weighted by Crippen LogP contribution is 2.27. The summed E-state index contributed by atoms with van der Waals surface area (Å²) in [6, 6.07) is 0. The zero-order chi connectivity index (χ0) is 17.5. The lowest BCUT2D eigenvalue weighted by atomic mass is 9.96. The number of hydrogen-bond donors (Lipinski definition) is 0. The molecule has 0 atom stereocenters. The molecular weight excluding hydrogens is 326 g/mol. The third-order valence-corrected chi connectivity index (χ3v) is 4.27. The molecule has 0 fully saturated rings. The number of aryl methyl sites for hydroxylation is 1. The van der Waals surface area contributed by atoms with Crippen molar-refractivity contribution in [3.8, 4) is 0 Å². The monoisotopic (exact) mass is 344 g/mol. The molecule has 0 aliphatic rings. The molecule has 6 nitrogen and oxygen atoms in total. The molecule has 2 rings (SSSR count). The van der Waals surface area contributed by atoms with E-state index in [4.69, 9.17) is 0 Å². The summed E-state index contributed by atoms with van der Waals surface area (Å²) in [7, 11) is 2.83. The molecule has 2 aromatic rings. The average molecular weight is 344 g/mol. The molecule has 23 heavy (non-hydrogen) atoms. The number of hydrogen-bond acceptors (Lipinski definition) is 5. The second-order valence-corrected chi connectivity index (χ2v) is 7.22. The number of nitrogens with zero attached hydrogens (tertiary/aromatic N) is 4. The molecule has 0 aliphatic heterocycles. The van der Waals surface area contributed by atoms with Crippen LogP contribution in [-0.4, -0.2) is 31.3 Å². The van der Waals surface area contributed by atoms with Crippen molar-refractivity contribution < 1.29 is 8.78 Å². The van der Waals surface area contributed by atoms with Crippen molar-refractivity contribution >= 4 is 22.8 Å². The zero-order valence-electron chi connectivity index (χ0n) is 13.6. The van der Waals surface area contributed by atoms with Crippen molar-refractivity contribution in [2.45, 2.75) is 37.6 Å².